The zero-order valence-electron chi connectivity index (χ0n) is 22.1. The van der Waals surface area contributed by atoms with Gasteiger partial charge in [0.05, 0.1) is 15.6 Å². The van der Waals surface area contributed by atoms with Crippen molar-refractivity contribution in [3.05, 3.63) is 87.4 Å². The summed E-state index contributed by atoms with van der Waals surface area (Å²) in [6.45, 7) is 14.9. The van der Waals surface area contributed by atoms with E-state index in [2.05, 4.69) is 52.5 Å². The highest BCUT2D eigenvalue weighted by atomic mass is 35.5. The van der Waals surface area contributed by atoms with E-state index in [0.29, 0.717) is 6.61 Å². The molecule has 2 aromatic carbocycles. The van der Waals surface area contributed by atoms with Crippen LogP contribution in [0.4, 0.5) is 4.39 Å². The second kappa shape index (κ2) is 14.8. The van der Waals surface area contributed by atoms with Crippen LogP contribution in [0.25, 0.3) is 0 Å². The van der Waals surface area contributed by atoms with Gasteiger partial charge >= 0.3 is 0 Å². The van der Waals surface area contributed by atoms with Crippen molar-refractivity contribution in [1.82, 2.24) is 0 Å². The number of allylic oxidation sites excluding steroid dienone is 1. The maximum absolute atomic E-state index is 14.1. The SMILES string of the molecule is C#Cc1cc(C(C)(C)c2ccc(OCC(/C=C\N=C(C)SC)=C(C)C)cc2)cc(Cl)c1F.CCC. The third kappa shape index (κ3) is 9.24. The Morgan fingerprint density at radius 2 is 1.74 bits per heavy atom. The minimum atomic E-state index is -0.559. The average molecular weight is 514 g/mol. The Kier molecular flexibility index (Phi) is 12.9. The van der Waals surface area contributed by atoms with Crippen molar-refractivity contribution in [2.75, 3.05) is 12.9 Å². The minimum Gasteiger partial charge on any atom is -0.489 e. The quantitative estimate of drug-likeness (QED) is 0.159. The van der Waals surface area contributed by atoms with E-state index in [1.807, 2.05) is 43.5 Å². The monoisotopic (exact) mass is 513 g/mol. The first-order chi connectivity index (χ1) is 16.5. The Labute approximate surface area is 220 Å². The van der Waals surface area contributed by atoms with Gasteiger partial charge in [0.25, 0.3) is 0 Å². The topological polar surface area (TPSA) is 21.6 Å². The zero-order chi connectivity index (χ0) is 26.6. The predicted molar refractivity (Wildman–Crippen MR) is 154 cm³/mol. The van der Waals surface area contributed by atoms with E-state index in [1.54, 1.807) is 30.1 Å². The number of benzene rings is 2. The fourth-order valence-electron chi connectivity index (χ4n) is 2.99. The molecule has 0 saturated heterocycles. The van der Waals surface area contributed by atoms with Crippen LogP contribution in [0.1, 0.15) is 71.6 Å². The molecule has 0 atom stereocenters. The van der Waals surface area contributed by atoms with E-state index < -0.39 is 11.2 Å². The summed E-state index contributed by atoms with van der Waals surface area (Å²) in [5, 5.41) is 1.04. The highest BCUT2D eigenvalue weighted by Crippen LogP contribution is 2.35. The fraction of sp³-hybridized carbons (Fsp3) is 0.367. The van der Waals surface area contributed by atoms with Crippen LogP contribution in [0, 0.1) is 18.2 Å². The summed E-state index contributed by atoms with van der Waals surface area (Å²) < 4.78 is 20.1. The second-order valence-electron chi connectivity index (χ2n) is 8.80. The first kappa shape index (κ1) is 30.6. The van der Waals surface area contributed by atoms with E-state index in [-0.39, 0.29) is 10.6 Å². The molecule has 0 spiro atoms. The lowest BCUT2D eigenvalue weighted by Gasteiger charge is -2.27. The summed E-state index contributed by atoms with van der Waals surface area (Å²) in [5.74, 6) is 2.58. The molecule has 0 fully saturated rings. The van der Waals surface area contributed by atoms with Crippen molar-refractivity contribution < 1.29 is 9.13 Å². The molecule has 35 heavy (non-hydrogen) atoms. The summed E-state index contributed by atoms with van der Waals surface area (Å²) in [7, 11) is 0. The van der Waals surface area contributed by atoms with Crippen molar-refractivity contribution in [1.29, 1.82) is 0 Å². The van der Waals surface area contributed by atoms with Crippen LogP contribution in [-0.4, -0.2) is 17.9 Å². The third-order valence-corrected chi connectivity index (χ3v) is 6.32. The van der Waals surface area contributed by atoms with E-state index in [4.69, 9.17) is 22.8 Å². The maximum atomic E-state index is 14.1. The molecular weight excluding hydrogens is 477 g/mol. The Morgan fingerprint density at radius 1 is 1.14 bits per heavy atom. The molecule has 0 aliphatic carbocycles. The molecule has 0 aromatic heterocycles. The van der Waals surface area contributed by atoms with Gasteiger partial charge in [-0.3, -0.25) is 4.99 Å². The van der Waals surface area contributed by atoms with Gasteiger partial charge in [-0.15, -0.1) is 18.2 Å². The van der Waals surface area contributed by atoms with Crippen LogP contribution in [0.15, 0.2) is 64.8 Å². The predicted octanol–water partition coefficient (Wildman–Crippen LogP) is 9.21. The van der Waals surface area contributed by atoms with Gasteiger partial charge in [-0.05, 0) is 74.1 Å². The van der Waals surface area contributed by atoms with E-state index in [9.17, 15) is 4.39 Å². The van der Waals surface area contributed by atoms with Gasteiger partial charge in [-0.2, -0.15) is 0 Å². The molecule has 0 saturated carbocycles. The first-order valence-corrected chi connectivity index (χ1v) is 13.2. The Morgan fingerprint density at radius 3 is 2.26 bits per heavy atom. The lowest BCUT2D eigenvalue weighted by atomic mass is 9.77. The van der Waals surface area contributed by atoms with Crippen LogP contribution in [0.3, 0.4) is 0 Å². The largest absolute Gasteiger partial charge is 0.489 e. The van der Waals surface area contributed by atoms with Crippen LogP contribution >= 0.6 is 23.4 Å². The fourth-order valence-corrected chi connectivity index (χ4v) is 3.38. The first-order valence-electron chi connectivity index (χ1n) is 11.6. The number of aliphatic imine (C=N–C) groups is 1. The molecule has 0 bridgehead atoms. The Balaban J connectivity index is 0.00000194. The van der Waals surface area contributed by atoms with Crippen molar-refractivity contribution in [2.24, 2.45) is 4.99 Å². The van der Waals surface area contributed by atoms with Gasteiger partial charge in [-0.1, -0.05) is 69.3 Å². The molecule has 0 unspecified atom stereocenters. The molecule has 2 aromatic rings. The lowest BCUT2D eigenvalue weighted by molar-refractivity contribution is 0.354. The number of thioether (sulfide) groups is 1. The number of rotatable bonds is 7. The van der Waals surface area contributed by atoms with Gasteiger partial charge in [0.1, 0.15) is 12.4 Å². The number of hydrogen-bond acceptors (Lipinski definition) is 3. The number of halogens is 2. The lowest BCUT2D eigenvalue weighted by Crippen LogP contribution is -2.19. The molecule has 0 aliphatic heterocycles. The number of nitrogens with zero attached hydrogens (tertiary/aromatic N) is 1. The van der Waals surface area contributed by atoms with Crippen LogP contribution < -0.4 is 4.74 Å². The van der Waals surface area contributed by atoms with E-state index >= 15 is 0 Å². The van der Waals surface area contributed by atoms with Gasteiger partial charge < -0.3 is 4.74 Å². The van der Waals surface area contributed by atoms with E-state index in [1.165, 1.54) is 12.0 Å². The number of ether oxygens (including phenoxy) is 1. The standard InChI is InChI=1S/C27H29ClFNOS.C3H8/c1-8-20-15-23(16-25(28)26(20)29)27(5,6)22-9-11-24(12-10-22)31-17-21(18(2)3)13-14-30-19(4)32-7;1-3-2/h1,9-16H,17H2,2-7H3;3H2,1-2H3/b14-13-,30-19?;. The molecule has 188 valence electrons. The summed E-state index contributed by atoms with van der Waals surface area (Å²) in [6.07, 6.45) is 12.5. The van der Waals surface area contributed by atoms with Crippen LogP contribution in [0.5, 0.6) is 5.75 Å². The Bertz CT molecular complexity index is 1100. The molecule has 0 heterocycles. The van der Waals surface area contributed by atoms with Gasteiger partial charge in [0.15, 0.2) is 5.82 Å². The summed E-state index contributed by atoms with van der Waals surface area (Å²) in [5.41, 5.74) is 3.90. The molecule has 0 amide bonds. The molecule has 0 aliphatic rings. The smallest absolute Gasteiger partial charge is 0.157 e. The molecular formula is C30H37ClFNOS. The number of terminal acetylenes is 1. The maximum Gasteiger partial charge on any atom is 0.157 e. The molecule has 0 radical (unpaired) electrons. The normalized spacial score (nSPS) is 11.5. The highest BCUT2D eigenvalue weighted by Gasteiger charge is 2.25. The molecule has 0 N–H and O–H groups in total. The molecule has 2 nitrogen and oxygen atoms in total. The van der Waals surface area contributed by atoms with Crippen molar-refractivity contribution in [2.45, 2.75) is 60.3 Å². The van der Waals surface area contributed by atoms with Gasteiger partial charge in [0.2, 0.25) is 0 Å². The summed E-state index contributed by atoms with van der Waals surface area (Å²) >= 11 is 7.68. The average Bonchev–Trinajstić information content (AvgIpc) is 2.83. The number of hydrogen-bond donors (Lipinski definition) is 0. The summed E-state index contributed by atoms with van der Waals surface area (Å²) in [6, 6.07) is 11.2. The molecule has 2 rings (SSSR count). The minimum absolute atomic E-state index is 0.0304. The third-order valence-electron chi connectivity index (χ3n) is 5.35. The Hall–Kier alpha value is -2.48. The van der Waals surface area contributed by atoms with Crippen LogP contribution in [-0.2, 0) is 5.41 Å². The van der Waals surface area contributed by atoms with Crippen molar-refractivity contribution in [3.8, 4) is 18.1 Å². The van der Waals surface area contributed by atoms with Crippen LogP contribution in [0.2, 0.25) is 5.02 Å². The van der Waals surface area contributed by atoms with E-state index in [0.717, 1.165) is 27.5 Å². The molecule has 5 heteroatoms. The summed E-state index contributed by atoms with van der Waals surface area (Å²) in [4.78, 5) is 4.38. The zero-order valence-corrected chi connectivity index (χ0v) is 23.7. The van der Waals surface area contributed by atoms with Gasteiger partial charge in [-0.25, -0.2) is 4.39 Å². The van der Waals surface area contributed by atoms with Gasteiger partial charge in [0, 0.05) is 11.6 Å². The second-order valence-corrected chi connectivity index (χ2v) is 10.2. The highest BCUT2D eigenvalue weighted by molar-refractivity contribution is 8.13. The van der Waals surface area contributed by atoms with Crippen molar-refractivity contribution in [3.63, 3.8) is 0 Å². The van der Waals surface area contributed by atoms with Crippen molar-refractivity contribution >= 4 is 28.4 Å².